The first-order chi connectivity index (χ1) is 7.13. The third-order valence-corrected chi connectivity index (χ3v) is 2.19. The van der Waals surface area contributed by atoms with E-state index in [0.717, 1.165) is 12.8 Å². The van der Waals surface area contributed by atoms with E-state index in [4.69, 9.17) is 5.11 Å². The van der Waals surface area contributed by atoms with Crippen LogP contribution in [0.25, 0.3) is 0 Å². The minimum absolute atomic E-state index is 0.0849. The summed E-state index contributed by atoms with van der Waals surface area (Å²) in [6.45, 7) is 3.47. The van der Waals surface area contributed by atoms with Gasteiger partial charge in [0.2, 0.25) is 0 Å². The molecule has 0 saturated heterocycles. The van der Waals surface area contributed by atoms with Gasteiger partial charge in [0.15, 0.2) is 0 Å². The summed E-state index contributed by atoms with van der Waals surface area (Å²) in [7, 11) is 0. The zero-order chi connectivity index (χ0) is 11.3. The van der Waals surface area contributed by atoms with Gasteiger partial charge in [-0.1, -0.05) is 25.5 Å². The van der Waals surface area contributed by atoms with E-state index >= 15 is 0 Å². The number of ether oxygens (including phenoxy) is 1. The van der Waals surface area contributed by atoms with Crippen LogP contribution in [0.4, 0.5) is 4.79 Å². The molecule has 1 atom stereocenters. The van der Waals surface area contributed by atoms with Crippen LogP contribution >= 0.6 is 0 Å². The lowest BCUT2D eigenvalue weighted by Gasteiger charge is -2.13. The molecule has 0 aromatic carbocycles. The number of rotatable bonds is 6. The Kier molecular flexibility index (Phi) is 4.15. The smallest absolute Gasteiger partial charge is 0.408 e. The summed E-state index contributed by atoms with van der Waals surface area (Å²) in [6, 6.07) is -0.838. The van der Waals surface area contributed by atoms with E-state index < -0.39 is 18.1 Å². The third-order valence-electron chi connectivity index (χ3n) is 2.19. The predicted molar refractivity (Wildman–Crippen MR) is 53.4 cm³/mol. The number of carbonyl (C=O) groups is 2. The van der Waals surface area contributed by atoms with E-state index in [-0.39, 0.29) is 6.61 Å². The maximum Gasteiger partial charge on any atom is 0.408 e. The summed E-state index contributed by atoms with van der Waals surface area (Å²) in [5.41, 5.74) is 0. The van der Waals surface area contributed by atoms with Crippen LogP contribution in [0, 0.1) is 5.92 Å². The third kappa shape index (κ3) is 4.49. The molecule has 1 aliphatic rings. The molecule has 0 aliphatic heterocycles. The molecule has 84 valence electrons. The molecule has 15 heavy (non-hydrogen) atoms. The molecule has 1 amide bonds. The highest BCUT2D eigenvalue weighted by Gasteiger charge is 2.30. The first-order valence-corrected chi connectivity index (χ1v) is 4.90. The van der Waals surface area contributed by atoms with Crippen LogP contribution in [0.5, 0.6) is 0 Å². The highest BCUT2D eigenvalue weighted by atomic mass is 16.5. The quantitative estimate of drug-likeness (QED) is 0.649. The second-order valence-electron chi connectivity index (χ2n) is 3.60. The fourth-order valence-corrected chi connectivity index (χ4v) is 1.23. The molecular formula is C10H15NO4. The van der Waals surface area contributed by atoms with Crippen LogP contribution in [-0.2, 0) is 9.53 Å². The topological polar surface area (TPSA) is 75.6 Å². The van der Waals surface area contributed by atoms with Crippen LogP contribution in [0.15, 0.2) is 12.7 Å². The Balaban J connectivity index is 2.31. The molecule has 0 spiro atoms. The molecule has 5 heteroatoms. The maximum atomic E-state index is 11.1. The number of hydrogen-bond donors (Lipinski definition) is 2. The number of amides is 1. The normalized spacial score (nSPS) is 16.5. The molecule has 0 bridgehead atoms. The number of carboxylic acid groups (broad SMARTS) is 1. The average Bonchev–Trinajstić information content (AvgIpc) is 2.97. The average molecular weight is 213 g/mol. The molecule has 0 radical (unpaired) electrons. The SMILES string of the molecule is C=CCOC(=O)N[C@H](CC1CC1)C(=O)O. The van der Waals surface area contributed by atoms with E-state index in [2.05, 4.69) is 16.6 Å². The molecule has 0 heterocycles. The fourth-order valence-electron chi connectivity index (χ4n) is 1.23. The van der Waals surface area contributed by atoms with Gasteiger partial charge >= 0.3 is 12.1 Å². The van der Waals surface area contributed by atoms with E-state index in [1.54, 1.807) is 0 Å². The number of aliphatic carboxylic acids is 1. The van der Waals surface area contributed by atoms with Gasteiger partial charge in [-0.15, -0.1) is 0 Å². The molecule has 1 saturated carbocycles. The molecule has 5 nitrogen and oxygen atoms in total. The summed E-state index contributed by atoms with van der Waals surface area (Å²) in [6.07, 6.45) is 3.30. The van der Waals surface area contributed by atoms with Gasteiger partial charge in [-0.05, 0) is 12.3 Å². The fraction of sp³-hybridized carbons (Fsp3) is 0.600. The monoisotopic (exact) mass is 213 g/mol. The van der Waals surface area contributed by atoms with Crippen molar-refractivity contribution in [1.82, 2.24) is 5.32 Å². The summed E-state index contributed by atoms with van der Waals surface area (Å²) in [5.74, 6) is -0.580. The molecule has 2 N–H and O–H groups in total. The van der Waals surface area contributed by atoms with Crippen LogP contribution in [0.2, 0.25) is 0 Å². The molecule has 1 rings (SSSR count). The minimum Gasteiger partial charge on any atom is -0.480 e. The van der Waals surface area contributed by atoms with Crippen molar-refractivity contribution in [3.8, 4) is 0 Å². The van der Waals surface area contributed by atoms with Crippen molar-refractivity contribution in [2.45, 2.75) is 25.3 Å². The Labute approximate surface area is 88.1 Å². The van der Waals surface area contributed by atoms with E-state index in [1.807, 2.05) is 0 Å². The number of alkyl carbamates (subject to hydrolysis) is 1. The van der Waals surface area contributed by atoms with Crippen molar-refractivity contribution in [3.63, 3.8) is 0 Å². The van der Waals surface area contributed by atoms with E-state index in [9.17, 15) is 9.59 Å². The summed E-state index contributed by atoms with van der Waals surface area (Å²) >= 11 is 0. The molecule has 0 unspecified atom stereocenters. The first-order valence-electron chi connectivity index (χ1n) is 4.90. The molecule has 0 aromatic rings. The summed E-state index contributed by atoms with van der Waals surface area (Å²) in [5, 5.41) is 11.1. The van der Waals surface area contributed by atoms with Crippen LogP contribution in [-0.4, -0.2) is 29.8 Å². The second kappa shape index (κ2) is 5.38. The van der Waals surface area contributed by atoms with Gasteiger partial charge in [-0.25, -0.2) is 9.59 Å². The van der Waals surface area contributed by atoms with Gasteiger partial charge in [-0.2, -0.15) is 0 Å². The molecule has 1 fully saturated rings. The van der Waals surface area contributed by atoms with E-state index in [0.29, 0.717) is 12.3 Å². The van der Waals surface area contributed by atoms with Gasteiger partial charge in [0.05, 0.1) is 0 Å². The van der Waals surface area contributed by atoms with E-state index in [1.165, 1.54) is 6.08 Å². The number of nitrogens with one attached hydrogen (secondary N) is 1. The van der Waals surface area contributed by atoms with Gasteiger partial charge in [0.25, 0.3) is 0 Å². The highest BCUT2D eigenvalue weighted by Crippen LogP contribution is 2.33. The number of carboxylic acids is 1. The van der Waals surface area contributed by atoms with Gasteiger partial charge in [0.1, 0.15) is 12.6 Å². The van der Waals surface area contributed by atoms with Gasteiger partial charge in [-0.3, -0.25) is 0 Å². The summed E-state index contributed by atoms with van der Waals surface area (Å²) < 4.78 is 4.64. The lowest BCUT2D eigenvalue weighted by molar-refractivity contribution is -0.139. The number of hydrogen-bond acceptors (Lipinski definition) is 3. The second-order valence-corrected chi connectivity index (χ2v) is 3.60. The van der Waals surface area contributed by atoms with Crippen molar-refractivity contribution in [3.05, 3.63) is 12.7 Å². The molecule has 1 aliphatic carbocycles. The Bertz CT molecular complexity index is 260. The van der Waals surface area contributed by atoms with Gasteiger partial charge in [0, 0.05) is 0 Å². The lowest BCUT2D eigenvalue weighted by Crippen LogP contribution is -2.41. The van der Waals surface area contributed by atoms with Crippen LogP contribution < -0.4 is 5.32 Å². The standard InChI is InChI=1S/C10H15NO4/c1-2-5-15-10(14)11-8(9(12)13)6-7-3-4-7/h2,7-8H,1,3-6H2,(H,11,14)(H,12,13)/t8-/m1/s1. The lowest BCUT2D eigenvalue weighted by atomic mass is 10.1. The Morgan fingerprint density at radius 3 is 2.73 bits per heavy atom. The van der Waals surface area contributed by atoms with Crippen molar-refractivity contribution >= 4 is 12.1 Å². The highest BCUT2D eigenvalue weighted by molar-refractivity contribution is 5.79. The summed E-state index contributed by atoms with van der Waals surface area (Å²) in [4.78, 5) is 21.9. The van der Waals surface area contributed by atoms with Crippen molar-refractivity contribution < 1.29 is 19.4 Å². The molecular weight excluding hydrogens is 198 g/mol. The maximum absolute atomic E-state index is 11.1. The number of carbonyl (C=O) groups excluding carboxylic acids is 1. The van der Waals surface area contributed by atoms with Crippen molar-refractivity contribution in [2.24, 2.45) is 5.92 Å². The van der Waals surface area contributed by atoms with Crippen LogP contribution in [0.3, 0.4) is 0 Å². The minimum atomic E-state index is -1.02. The molecule has 0 aromatic heterocycles. The predicted octanol–water partition coefficient (Wildman–Crippen LogP) is 1.15. The Hall–Kier alpha value is -1.52. The zero-order valence-electron chi connectivity index (χ0n) is 8.44. The van der Waals surface area contributed by atoms with Crippen molar-refractivity contribution in [1.29, 1.82) is 0 Å². The Morgan fingerprint density at radius 2 is 2.27 bits per heavy atom. The first kappa shape index (κ1) is 11.6. The Morgan fingerprint density at radius 1 is 1.60 bits per heavy atom. The largest absolute Gasteiger partial charge is 0.480 e. The van der Waals surface area contributed by atoms with Crippen LogP contribution in [0.1, 0.15) is 19.3 Å². The zero-order valence-corrected chi connectivity index (χ0v) is 8.44. The van der Waals surface area contributed by atoms with Crippen molar-refractivity contribution in [2.75, 3.05) is 6.61 Å². The van der Waals surface area contributed by atoms with Gasteiger partial charge < -0.3 is 15.2 Å².